The average Bonchev–Trinajstić information content (AvgIpc) is 2.87. The van der Waals surface area contributed by atoms with Gasteiger partial charge in [0.05, 0.1) is 18.6 Å². The molecule has 0 aliphatic rings. The van der Waals surface area contributed by atoms with Crippen LogP contribution in [0.25, 0.3) is 0 Å². The third kappa shape index (κ3) is 2.95. The van der Waals surface area contributed by atoms with Gasteiger partial charge in [0.2, 0.25) is 5.89 Å². The van der Waals surface area contributed by atoms with Crippen molar-refractivity contribution >= 4 is 0 Å². The van der Waals surface area contributed by atoms with Crippen LogP contribution in [0.2, 0.25) is 0 Å². The summed E-state index contributed by atoms with van der Waals surface area (Å²) in [5.41, 5.74) is 1.18. The Balaban J connectivity index is 1.98. The smallest absolute Gasteiger partial charge is 0.240 e. The Labute approximate surface area is 107 Å². The summed E-state index contributed by atoms with van der Waals surface area (Å²) in [6, 6.07) is 0.418. The van der Waals surface area contributed by atoms with Crippen LogP contribution in [0, 0.1) is 6.92 Å². The largest absolute Gasteiger partial charge is 0.338 e. The molecular formula is C12H19N5O. The fourth-order valence-electron chi connectivity index (χ4n) is 1.89. The van der Waals surface area contributed by atoms with Gasteiger partial charge in [0.25, 0.3) is 0 Å². The van der Waals surface area contributed by atoms with Gasteiger partial charge in [-0.2, -0.15) is 4.98 Å². The van der Waals surface area contributed by atoms with Crippen molar-refractivity contribution in [3.05, 3.63) is 29.9 Å². The van der Waals surface area contributed by atoms with Gasteiger partial charge in [-0.15, -0.1) is 0 Å². The summed E-state index contributed by atoms with van der Waals surface area (Å²) in [5, 5.41) is 3.78. The minimum Gasteiger partial charge on any atom is -0.338 e. The Bertz CT molecular complexity index is 502. The molecule has 6 nitrogen and oxygen atoms in total. The summed E-state index contributed by atoms with van der Waals surface area (Å²) >= 11 is 0. The molecule has 0 aliphatic heterocycles. The summed E-state index contributed by atoms with van der Waals surface area (Å²) in [5.74, 6) is 1.32. The summed E-state index contributed by atoms with van der Waals surface area (Å²) in [4.78, 5) is 10.5. The van der Waals surface area contributed by atoms with Gasteiger partial charge in [-0.1, -0.05) is 5.16 Å². The quantitative estimate of drug-likeness (QED) is 0.808. The zero-order valence-corrected chi connectivity index (χ0v) is 11.3. The van der Waals surface area contributed by atoms with E-state index in [9.17, 15) is 0 Å². The van der Waals surface area contributed by atoms with Crippen molar-refractivity contribution in [1.82, 2.24) is 24.6 Å². The lowest BCUT2D eigenvalue weighted by Gasteiger charge is -2.17. The van der Waals surface area contributed by atoms with Crippen LogP contribution in [0.3, 0.4) is 0 Å². The Morgan fingerprint density at radius 2 is 2.17 bits per heavy atom. The van der Waals surface area contributed by atoms with Gasteiger partial charge in [0.15, 0.2) is 5.82 Å². The second kappa shape index (κ2) is 5.30. The molecule has 2 aromatic heterocycles. The molecule has 0 radical (unpaired) electrons. The standard InChI is InChI=1S/C12H19N5O/c1-9(2)17-8-13-5-11(17)6-16(4)7-12-14-10(3)15-18-12/h5,8-9H,6-7H2,1-4H3. The van der Waals surface area contributed by atoms with Gasteiger partial charge in [-0.05, 0) is 27.8 Å². The van der Waals surface area contributed by atoms with E-state index in [1.165, 1.54) is 5.69 Å². The third-order valence-electron chi connectivity index (χ3n) is 2.71. The minimum atomic E-state index is 0.418. The molecule has 2 aromatic rings. The van der Waals surface area contributed by atoms with Gasteiger partial charge < -0.3 is 9.09 Å². The third-order valence-corrected chi connectivity index (χ3v) is 2.71. The normalized spacial score (nSPS) is 11.7. The van der Waals surface area contributed by atoms with Crippen LogP contribution in [0.1, 0.15) is 37.3 Å². The number of hydrogen-bond donors (Lipinski definition) is 0. The Hall–Kier alpha value is -1.69. The summed E-state index contributed by atoms with van der Waals surface area (Å²) in [7, 11) is 2.02. The van der Waals surface area contributed by atoms with Gasteiger partial charge >= 0.3 is 0 Å². The van der Waals surface area contributed by atoms with Crippen molar-refractivity contribution < 1.29 is 4.52 Å². The molecular weight excluding hydrogens is 230 g/mol. The topological polar surface area (TPSA) is 60.0 Å². The highest BCUT2D eigenvalue weighted by Crippen LogP contribution is 2.11. The molecule has 2 rings (SSSR count). The molecule has 0 saturated heterocycles. The van der Waals surface area contributed by atoms with Crippen LogP contribution in [-0.4, -0.2) is 31.6 Å². The fraction of sp³-hybridized carbons (Fsp3) is 0.583. The van der Waals surface area contributed by atoms with Gasteiger partial charge in [0.1, 0.15) is 0 Å². The second-order valence-electron chi connectivity index (χ2n) is 4.79. The van der Waals surface area contributed by atoms with Crippen LogP contribution in [0.4, 0.5) is 0 Å². The van der Waals surface area contributed by atoms with Crippen LogP contribution < -0.4 is 0 Å². The summed E-state index contributed by atoms with van der Waals surface area (Å²) in [6.45, 7) is 7.56. The Morgan fingerprint density at radius 3 is 2.78 bits per heavy atom. The lowest BCUT2D eigenvalue weighted by molar-refractivity contribution is 0.254. The SMILES string of the molecule is Cc1noc(CN(C)Cc2cncn2C(C)C)n1. The maximum absolute atomic E-state index is 5.11. The average molecular weight is 249 g/mol. The fourth-order valence-corrected chi connectivity index (χ4v) is 1.89. The highest BCUT2D eigenvalue weighted by Gasteiger charge is 2.11. The number of aromatic nitrogens is 4. The highest BCUT2D eigenvalue weighted by atomic mass is 16.5. The molecule has 0 saturated carbocycles. The number of aryl methyl sites for hydroxylation is 1. The first kappa shape index (κ1) is 12.8. The lowest BCUT2D eigenvalue weighted by Crippen LogP contribution is -2.20. The van der Waals surface area contributed by atoms with E-state index in [0.29, 0.717) is 24.3 Å². The molecule has 0 bridgehead atoms. The lowest BCUT2D eigenvalue weighted by atomic mass is 10.3. The minimum absolute atomic E-state index is 0.418. The number of nitrogens with zero attached hydrogens (tertiary/aromatic N) is 5. The van der Waals surface area contributed by atoms with Gasteiger partial charge in [-0.25, -0.2) is 4.98 Å². The molecule has 98 valence electrons. The predicted octanol–water partition coefficient (Wildman–Crippen LogP) is 1.79. The molecule has 6 heteroatoms. The predicted molar refractivity (Wildman–Crippen MR) is 66.8 cm³/mol. The van der Waals surface area contributed by atoms with E-state index < -0.39 is 0 Å². The van der Waals surface area contributed by atoms with Crippen molar-refractivity contribution in [2.45, 2.75) is 39.9 Å². The maximum Gasteiger partial charge on any atom is 0.240 e. The van der Waals surface area contributed by atoms with Crippen LogP contribution in [0.5, 0.6) is 0 Å². The first-order valence-electron chi connectivity index (χ1n) is 6.04. The summed E-state index contributed by atoms with van der Waals surface area (Å²) < 4.78 is 7.27. The number of imidazole rings is 1. The van der Waals surface area contributed by atoms with E-state index in [2.05, 4.69) is 38.4 Å². The molecule has 0 unspecified atom stereocenters. The van der Waals surface area contributed by atoms with Crippen LogP contribution in [0.15, 0.2) is 17.0 Å². The summed E-state index contributed by atoms with van der Waals surface area (Å²) in [6.07, 6.45) is 3.76. The van der Waals surface area contributed by atoms with Crippen molar-refractivity contribution in [3.8, 4) is 0 Å². The zero-order chi connectivity index (χ0) is 13.1. The Morgan fingerprint density at radius 1 is 1.39 bits per heavy atom. The van der Waals surface area contributed by atoms with E-state index >= 15 is 0 Å². The van der Waals surface area contributed by atoms with E-state index in [1.54, 1.807) is 0 Å². The molecule has 0 N–H and O–H groups in total. The molecule has 0 amide bonds. The van der Waals surface area contributed by atoms with Crippen LogP contribution in [-0.2, 0) is 13.1 Å². The van der Waals surface area contributed by atoms with E-state index in [-0.39, 0.29) is 0 Å². The van der Waals surface area contributed by atoms with Crippen LogP contribution >= 0.6 is 0 Å². The highest BCUT2D eigenvalue weighted by molar-refractivity contribution is 4.99. The molecule has 0 atom stereocenters. The van der Waals surface area contributed by atoms with Gasteiger partial charge in [0, 0.05) is 18.8 Å². The molecule has 0 fully saturated rings. The maximum atomic E-state index is 5.11. The first-order chi connectivity index (χ1) is 8.56. The first-order valence-corrected chi connectivity index (χ1v) is 6.04. The number of rotatable bonds is 5. The molecule has 0 aromatic carbocycles. The van der Waals surface area contributed by atoms with E-state index in [4.69, 9.17) is 4.52 Å². The van der Waals surface area contributed by atoms with Crippen molar-refractivity contribution in [2.24, 2.45) is 0 Å². The molecule has 18 heavy (non-hydrogen) atoms. The molecule has 2 heterocycles. The van der Waals surface area contributed by atoms with Gasteiger partial charge in [-0.3, -0.25) is 4.90 Å². The van der Waals surface area contributed by atoms with Crippen molar-refractivity contribution in [1.29, 1.82) is 0 Å². The monoisotopic (exact) mass is 249 g/mol. The van der Waals surface area contributed by atoms with E-state index in [0.717, 1.165) is 6.54 Å². The van der Waals surface area contributed by atoms with Crippen molar-refractivity contribution in [2.75, 3.05) is 7.05 Å². The van der Waals surface area contributed by atoms with E-state index in [1.807, 2.05) is 26.5 Å². The second-order valence-corrected chi connectivity index (χ2v) is 4.79. The Kier molecular flexibility index (Phi) is 3.76. The zero-order valence-electron chi connectivity index (χ0n) is 11.3. The number of hydrogen-bond acceptors (Lipinski definition) is 5. The molecule has 0 aliphatic carbocycles. The van der Waals surface area contributed by atoms with Crippen molar-refractivity contribution in [3.63, 3.8) is 0 Å². The molecule has 0 spiro atoms.